The molecule has 3 aromatic carbocycles. The SMILES string of the molecule is Nc1cccc(NC(=O)c2ccccc2)c1/C=C/C(Nc1ccccc1)OCC1C=CC=N1. The lowest BCUT2D eigenvalue weighted by Gasteiger charge is -2.19. The van der Waals surface area contributed by atoms with E-state index in [1.54, 1.807) is 24.4 Å². The molecule has 2 unspecified atom stereocenters. The molecule has 4 N–H and O–H groups in total. The smallest absolute Gasteiger partial charge is 0.255 e. The highest BCUT2D eigenvalue weighted by molar-refractivity contribution is 6.05. The number of nitrogen functional groups attached to an aromatic ring is 1. The van der Waals surface area contributed by atoms with Crippen LogP contribution < -0.4 is 16.4 Å². The fourth-order valence-electron chi connectivity index (χ4n) is 3.38. The number of anilines is 3. The normalized spacial score (nSPS) is 15.6. The van der Waals surface area contributed by atoms with Gasteiger partial charge in [0.1, 0.15) is 6.23 Å². The van der Waals surface area contributed by atoms with Gasteiger partial charge in [0.15, 0.2) is 0 Å². The second kappa shape index (κ2) is 10.9. The van der Waals surface area contributed by atoms with Crippen LogP contribution in [0.3, 0.4) is 0 Å². The standard InChI is InChI=1S/C27H26N4O2/c28-24-14-7-15-25(31-27(32)20-9-3-1-4-10-20)23(24)16-17-26(30-21-11-5-2-6-12-21)33-19-22-13-8-18-29-22/h1-18,22,26,30H,19,28H2,(H,31,32)/b17-16+. The third-order valence-electron chi connectivity index (χ3n) is 5.09. The van der Waals surface area contributed by atoms with Crippen molar-refractivity contribution in [2.45, 2.75) is 12.3 Å². The van der Waals surface area contributed by atoms with Gasteiger partial charge in [0.25, 0.3) is 5.91 Å². The maximum Gasteiger partial charge on any atom is 0.255 e. The van der Waals surface area contributed by atoms with Gasteiger partial charge < -0.3 is 21.1 Å². The first-order valence-corrected chi connectivity index (χ1v) is 10.8. The van der Waals surface area contributed by atoms with Crippen molar-refractivity contribution in [1.82, 2.24) is 0 Å². The Kier molecular flexibility index (Phi) is 7.30. The Morgan fingerprint density at radius 1 is 1.03 bits per heavy atom. The van der Waals surface area contributed by atoms with Crippen molar-refractivity contribution >= 4 is 35.3 Å². The molecule has 0 bridgehead atoms. The Bertz CT molecular complexity index is 1150. The van der Waals surface area contributed by atoms with E-state index in [4.69, 9.17) is 10.5 Å². The van der Waals surface area contributed by atoms with Crippen LogP contribution in [0.15, 0.2) is 102 Å². The predicted molar refractivity (Wildman–Crippen MR) is 136 cm³/mol. The minimum Gasteiger partial charge on any atom is -0.398 e. The van der Waals surface area contributed by atoms with Gasteiger partial charge in [-0.3, -0.25) is 9.79 Å². The number of benzene rings is 3. The molecule has 0 saturated heterocycles. The first-order chi connectivity index (χ1) is 16.2. The molecule has 33 heavy (non-hydrogen) atoms. The summed E-state index contributed by atoms with van der Waals surface area (Å²) in [5.41, 5.74) is 9.65. The summed E-state index contributed by atoms with van der Waals surface area (Å²) in [6.45, 7) is 0.434. The van der Waals surface area contributed by atoms with Crippen molar-refractivity contribution < 1.29 is 9.53 Å². The fourth-order valence-corrected chi connectivity index (χ4v) is 3.38. The Labute approximate surface area is 193 Å². The number of nitrogens with zero attached hydrogens (tertiary/aromatic N) is 1. The van der Waals surface area contributed by atoms with E-state index in [1.807, 2.05) is 85.0 Å². The number of allylic oxidation sites excluding steroid dienone is 1. The zero-order valence-corrected chi connectivity index (χ0v) is 18.1. The van der Waals surface area contributed by atoms with Gasteiger partial charge in [0.2, 0.25) is 0 Å². The number of carbonyl (C=O) groups excluding carboxylic acids is 1. The van der Waals surface area contributed by atoms with E-state index in [1.165, 1.54) is 0 Å². The number of para-hydroxylation sites is 1. The van der Waals surface area contributed by atoms with Crippen molar-refractivity contribution in [3.63, 3.8) is 0 Å². The van der Waals surface area contributed by atoms with Gasteiger partial charge in [0.05, 0.1) is 18.3 Å². The van der Waals surface area contributed by atoms with Crippen LogP contribution in [0, 0.1) is 0 Å². The first-order valence-electron chi connectivity index (χ1n) is 10.8. The van der Waals surface area contributed by atoms with Crippen LogP contribution in [0.2, 0.25) is 0 Å². The number of amides is 1. The van der Waals surface area contributed by atoms with Gasteiger partial charge in [-0.25, -0.2) is 0 Å². The molecular formula is C27H26N4O2. The van der Waals surface area contributed by atoms with Gasteiger partial charge in [0, 0.05) is 28.7 Å². The molecule has 0 spiro atoms. The molecule has 0 aromatic heterocycles. The summed E-state index contributed by atoms with van der Waals surface area (Å²) in [6.07, 6.45) is 9.01. The molecule has 3 aromatic rings. The lowest BCUT2D eigenvalue weighted by Crippen LogP contribution is -2.24. The van der Waals surface area contributed by atoms with Gasteiger partial charge >= 0.3 is 0 Å². The largest absolute Gasteiger partial charge is 0.398 e. The Hall–Kier alpha value is -4.16. The highest BCUT2D eigenvalue weighted by Gasteiger charge is 2.13. The van der Waals surface area contributed by atoms with Gasteiger partial charge in [-0.2, -0.15) is 0 Å². The van der Waals surface area contributed by atoms with Crippen molar-refractivity contribution in [2.75, 3.05) is 23.0 Å². The third kappa shape index (κ3) is 6.18. The van der Waals surface area contributed by atoms with E-state index in [0.717, 1.165) is 5.69 Å². The van der Waals surface area contributed by atoms with Crippen molar-refractivity contribution in [2.24, 2.45) is 4.99 Å². The summed E-state index contributed by atoms with van der Waals surface area (Å²) in [6, 6.07) is 24.3. The zero-order valence-electron chi connectivity index (χ0n) is 18.1. The van der Waals surface area contributed by atoms with E-state index < -0.39 is 6.23 Å². The fraction of sp³-hybridized carbons (Fsp3) is 0.111. The van der Waals surface area contributed by atoms with Crippen LogP contribution in [-0.4, -0.2) is 31.0 Å². The topological polar surface area (TPSA) is 88.7 Å². The number of nitrogens with one attached hydrogen (secondary N) is 2. The molecule has 166 valence electrons. The molecule has 1 aliphatic heterocycles. The highest BCUT2D eigenvalue weighted by atomic mass is 16.5. The summed E-state index contributed by atoms with van der Waals surface area (Å²) in [7, 11) is 0. The van der Waals surface area contributed by atoms with Crippen LogP contribution in [0.4, 0.5) is 17.1 Å². The number of nitrogens with two attached hydrogens (primary N) is 1. The Balaban J connectivity index is 1.53. The van der Waals surface area contributed by atoms with Gasteiger partial charge in [-0.1, -0.05) is 54.6 Å². The molecule has 4 rings (SSSR count). The average Bonchev–Trinajstić information content (AvgIpc) is 3.37. The van der Waals surface area contributed by atoms with Crippen LogP contribution in [0.5, 0.6) is 0 Å². The molecule has 1 heterocycles. The van der Waals surface area contributed by atoms with Crippen molar-refractivity contribution in [1.29, 1.82) is 0 Å². The summed E-state index contributed by atoms with van der Waals surface area (Å²) in [4.78, 5) is 17.0. The molecular weight excluding hydrogens is 412 g/mol. The van der Waals surface area contributed by atoms with E-state index in [2.05, 4.69) is 15.6 Å². The Morgan fingerprint density at radius 2 is 1.79 bits per heavy atom. The molecule has 6 nitrogen and oxygen atoms in total. The summed E-state index contributed by atoms with van der Waals surface area (Å²) in [5, 5.41) is 6.32. The van der Waals surface area contributed by atoms with Crippen LogP contribution in [0.1, 0.15) is 15.9 Å². The number of carbonyl (C=O) groups is 1. The second-order valence-electron chi connectivity index (χ2n) is 7.50. The number of rotatable bonds is 9. The van der Waals surface area contributed by atoms with Crippen molar-refractivity contribution in [3.8, 4) is 0 Å². The van der Waals surface area contributed by atoms with E-state index in [9.17, 15) is 4.79 Å². The predicted octanol–water partition coefficient (Wildman–Crippen LogP) is 5.00. The third-order valence-corrected chi connectivity index (χ3v) is 5.09. The van der Waals surface area contributed by atoms with Crippen LogP contribution in [-0.2, 0) is 4.74 Å². The monoisotopic (exact) mass is 438 g/mol. The summed E-state index contributed by atoms with van der Waals surface area (Å²) >= 11 is 0. The quantitative estimate of drug-likeness (QED) is 0.324. The second-order valence-corrected chi connectivity index (χ2v) is 7.50. The molecule has 1 amide bonds. The zero-order chi connectivity index (χ0) is 22.9. The molecule has 1 aliphatic rings. The van der Waals surface area contributed by atoms with E-state index in [0.29, 0.717) is 29.1 Å². The highest BCUT2D eigenvalue weighted by Crippen LogP contribution is 2.25. The van der Waals surface area contributed by atoms with E-state index in [-0.39, 0.29) is 11.9 Å². The molecule has 6 heteroatoms. The van der Waals surface area contributed by atoms with Gasteiger partial charge in [-0.05, 0) is 48.6 Å². The lowest BCUT2D eigenvalue weighted by atomic mass is 10.1. The maximum atomic E-state index is 12.7. The van der Waals surface area contributed by atoms with E-state index >= 15 is 0 Å². The first kappa shape index (κ1) is 22.0. The van der Waals surface area contributed by atoms with Crippen LogP contribution >= 0.6 is 0 Å². The minimum absolute atomic E-state index is 0.000916. The molecule has 0 fully saturated rings. The molecule has 0 saturated carbocycles. The van der Waals surface area contributed by atoms with Crippen molar-refractivity contribution in [3.05, 3.63) is 108 Å². The number of ether oxygens (including phenoxy) is 1. The number of aliphatic imine (C=N–C) groups is 1. The molecule has 0 aliphatic carbocycles. The average molecular weight is 439 g/mol. The maximum absolute atomic E-state index is 12.7. The van der Waals surface area contributed by atoms with Gasteiger partial charge in [-0.15, -0.1) is 0 Å². The number of hydrogen-bond donors (Lipinski definition) is 3. The van der Waals surface area contributed by atoms with Crippen LogP contribution in [0.25, 0.3) is 6.08 Å². The lowest BCUT2D eigenvalue weighted by molar-refractivity contribution is 0.100. The summed E-state index contributed by atoms with van der Waals surface area (Å²) < 4.78 is 6.09. The minimum atomic E-state index is -0.422. The number of hydrogen-bond acceptors (Lipinski definition) is 5. The molecule has 2 atom stereocenters. The molecule has 0 radical (unpaired) electrons. The summed E-state index contributed by atoms with van der Waals surface area (Å²) in [5.74, 6) is -0.197. The Morgan fingerprint density at radius 3 is 2.52 bits per heavy atom.